The highest BCUT2D eigenvalue weighted by Crippen LogP contribution is 2.29. The van der Waals surface area contributed by atoms with E-state index < -0.39 is 6.10 Å². The average molecular weight is 261 g/mol. The Labute approximate surface area is 112 Å². The summed E-state index contributed by atoms with van der Waals surface area (Å²) in [6.45, 7) is 0.855. The molecule has 1 amide bonds. The van der Waals surface area contributed by atoms with Crippen molar-refractivity contribution in [3.8, 4) is 0 Å². The topological polar surface area (TPSA) is 58.6 Å². The van der Waals surface area contributed by atoms with Crippen molar-refractivity contribution < 1.29 is 14.6 Å². The Kier molecular flexibility index (Phi) is 3.53. The number of anilines is 1. The van der Waals surface area contributed by atoms with Crippen LogP contribution >= 0.6 is 0 Å². The number of benzene rings is 1. The van der Waals surface area contributed by atoms with Crippen molar-refractivity contribution in [3.63, 3.8) is 0 Å². The lowest BCUT2D eigenvalue weighted by Crippen LogP contribution is -2.08. The number of hydrogen-bond donors (Lipinski definition) is 2. The van der Waals surface area contributed by atoms with E-state index in [9.17, 15) is 9.90 Å². The number of fused-ring (bicyclic) bond motifs is 1. The molecule has 0 aromatic heterocycles. The lowest BCUT2D eigenvalue weighted by Gasteiger charge is -2.15. The monoisotopic (exact) mass is 261 g/mol. The van der Waals surface area contributed by atoms with Gasteiger partial charge in [0.2, 0.25) is 5.91 Å². The number of carbonyl (C=O) groups excluding carboxylic acids is 1. The lowest BCUT2D eigenvalue weighted by atomic mass is 9.99. The van der Waals surface area contributed by atoms with E-state index in [1.165, 1.54) is 0 Å². The largest absolute Gasteiger partial charge is 0.388 e. The lowest BCUT2D eigenvalue weighted by molar-refractivity contribution is -0.115. The quantitative estimate of drug-likeness (QED) is 0.873. The zero-order valence-electron chi connectivity index (χ0n) is 10.9. The summed E-state index contributed by atoms with van der Waals surface area (Å²) < 4.78 is 5.56. The van der Waals surface area contributed by atoms with Crippen molar-refractivity contribution in [1.29, 1.82) is 0 Å². The molecule has 1 aromatic rings. The van der Waals surface area contributed by atoms with Gasteiger partial charge in [0, 0.05) is 12.3 Å². The van der Waals surface area contributed by atoms with Gasteiger partial charge in [-0.05, 0) is 42.9 Å². The molecule has 0 radical (unpaired) electrons. The molecule has 19 heavy (non-hydrogen) atoms. The number of aliphatic hydroxyl groups is 1. The Hall–Kier alpha value is -1.39. The van der Waals surface area contributed by atoms with E-state index in [-0.39, 0.29) is 5.91 Å². The van der Waals surface area contributed by atoms with E-state index in [0.29, 0.717) is 18.9 Å². The summed E-state index contributed by atoms with van der Waals surface area (Å²) in [6, 6.07) is 5.71. The summed E-state index contributed by atoms with van der Waals surface area (Å²) in [5, 5.41) is 13.0. The molecule has 4 nitrogen and oxygen atoms in total. The third-order valence-electron chi connectivity index (χ3n) is 3.93. The Morgan fingerprint density at radius 2 is 2.37 bits per heavy atom. The highest BCUT2D eigenvalue weighted by molar-refractivity contribution is 5.99. The minimum atomic E-state index is -0.467. The molecule has 2 aliphatic rings. The summed E-state index contributed by atoms with van der Waals surface area (Å²) in [6.07, 6.45) is 4.11. The van der Waals surface area contributed by atoms with E-state index in [4.69, 9.17) is 4.74 Å². The summed E-state index contributed by atoms with van der Waals surface area (Å²) in [5.41, 5.74) is 2.76. The fourth-order valence-electron chi connectivity index (χ4n) is 2.84. The van der Waals surface area contributed by atoms with E-state index in [1.807, 2.05) is 18.2 Å². The summed E-state index contributed by atoms with van der Waals surface area (Å²) in [4.78, 5) is 11.3. The minimum absolute atomic E-state index is 0.0287. The number of hydrogen-bond acceptors (Lipinski definition) is 3. The first-order valence-corrected chi connectivity index (χ1v) is 6.95. The van der Waals surface area contributed by atoms with E-state index >= 15 is 0 Å². The first-order chi connectivity index (χ1) is 9.22. The van der Waals surface area contributed by atoms with Crippen molar-refractivity contribution >= 4 is 11.6 Å². The van der Waals surface area contributed by atoms with Crippen LogP contribution in [0.4, 0.5) is 5.69 Å². The van der Waals surface area contributed by atoms with Crippen LogP contribution in [0.5, 0.6) is 0 Å². The second-order valence-corrected chi connectivity index (χ2v) is 5.37. The zero-order chi connectivity index (χ0) is 13.2. The molecule has 3 rings (SSSR count). The van der Waals surface area contributed by atoms with Gasteiger partial charge in [-0.3, -0.25) is 4.79 Å². The molecule has 2 heterocycles. The molecule has 2 N–H and O–H groups in total. The SMILES string of the molecule is O=C1Cc2cc(C(O)CCC3CCCO3)ccc2N1. The maximum absolute atomic E-state index is 11.3. The number of aliphatic hydroxyl groups excluding tert-OH is 1. The molecule has 0 aliphatic carbocycles. The first-order valence-electron chi connectivity index (χ1n) is 6.95. The van der Waals surface area contributed by atoms with Gasteiger partial charge in [-0.15, -0.1) is 0 Å². The number of amides is 1. The van der Waals surface area contributed by atoms with Gasteiger partial charge in [0.1, 0.15) is 0 Å². The first kappa shape index (κ1) is 12.6. The molecule has 1 saturated heterocycles. The molecule has 1 fully saturated rings. The Morgan fingerprint density at radius 3 is 3.16 bits per heavy atom. The van der Waals surface area contributed by atoms with Gasteiger partial charge in [-0.1, -0.05) is 12.1 Å². The van der Waals surface area contributed by atoms with Crippen molar-refractivity contribution in [2.75, 3.05) is 11.9 Å². The van der Waals surface area contributed by atoms with Crippen molar-refractivity contribution in [2.24, 2.45) is 0 Å². The van der Waals surface area contributed by atoms with Crippen molar-refractivity contribution in [3.05, 3.63) is 29.3 Å². The number of ether oxygens (including phenoxy) is 1. The molecule has 0 spiro atoms. The van der Waals surface area contributed by atoms with Crippen LogP contribution in [-0.4, -0.2) is 23.7 Å². The maximum Gasteiger partial charge on any atom is 0.228 e. The fraction of sp³-hybridized carbons (Fsp3) is 0.533. The molecule has 0 saturated carbocycles. The van der Waals surface area contributed by atoms with Crippen LogP contribution in [0, 0.1) is 0 Å². The van der Waals surface area contributed by atoms with Crippen molar-refractivity contribution in [2.45, 2.75) is 44.3 Å². The van der Waals surface area contributed by atoms with Crippen LogP contribution in [-0.2, 0) is 16.0 Å². The standard InChI is InChI=1S/C15H19NO3/c17-14(6-4-12-2-1-7-19-12)10-3-5-13-11(8-10)9-15(18)16-13/h3,5,8,12,14,17H,1-2,4,6-7,9H2,(H,16,18). The second-order valence-electron chi connectivity index (χ2n) is 5.37. The average Bonchev–Trinajstić information content (AvgIpc) is 3.02. The van der Waals surface area contributed by atoms with Crippen molar-refractivity contribution in [1.82, 2.24) is 0 Å². The van der Waals surface area contributed by atoms with E-state index in [2.05, 4.69) is 5.32 Å². The van der Waals surface area contributed by atoms with Gasteiger partial charge in [-0.25, -0.2) is 0 Å². The van der Waals surface area contributed by atoms with Crippen LogP contribution in [0.15, 0.2) is 18.2 Å². The Bertz CT molecular complexity index is 480. The van der Waals surface area contributed by atoms with Crippen LogP contribution in [0.2, 0.25) is 0 Å². The molecular weight excluding hydrogens is 242 g/mol. The van der Waals surface area contributed by atoms with Gasteiger partial charge in [0.15, 0.2) is 0 Å². The molecule has 0 bridgehead atoms. The molecule has 2 aliphatic heterocycles. The van der Waals surface area contributed by atoms with Gasteiger partial charge in [0.05, 0.1) is 18.6 Å². The smallest absolute Gasteiger partial charge is 0.228 e. The van der Waals surface area contributed by atoms with E-state index in [1.54, 1.807) is 0 Å². The van der Waals surface area contributed by atoms with Crippen LogP contribution in [0.25, 0.3) is 0 Å². The summed E-state index contributed by atoms with van der Waals surface area (Å²) >= 11 is 0. The predicted octanol–water partition coefficient (Wildman–Crippen LogP) is 2.17. The minimum Gasteiger partial charge on any atom is -0.388 e. The fourth-order valence-corrected chi connectivity index (χ4v) is 2.84. The van der Waals surface area contributed by atoms with Crippen LogP contribution < -0.4 is 5.32 Å². The zero-order valence-corrected chi connectivity index (χ0v) is 10.9. The number of nitrogens with one attached hydrogen (secondary N) is 1. The molecule has 2 unspecified atom stereocenters. The van der Waals surface area contributed by atoms with Gasteiger partial charge in [-0.2, -0.15) is 0 Å². The number of rotatable bonds is 4. The third kappa shape index (κ3) is 2.80. The van der Waals surface area contributed by atoms with E-state index in [0.717, 1.165) is 42.7 Å². The van der Waals surface area contributed by atoms with Gasteiger partial charge >= 0.3 is 0 Å². The predicted molar refractivity (Wildman–Crippen MR) is 71.9 cm³/mol. The maximum atomic E-state index is 11.3. The summed E-state index contributed by atoms with van der Waals surface area (Å²) in [7, 11) is 0. The summed E-state index contributed by atoms with van der Waals surface area (Å²) in [5.74, 6) is 0.0287. The molecule has 1 aromatic carbocycles. The normalized spacial score (nSPS) is 23.2. The number of carbonyl (C=O) groups is 1. The highest BCUT2D eigenvalue weighted by Gasteiger charge is 2.21. The van der Waals surface area contributed by atoms with Crippen LogP contribution in [0.3, 0.4) is 0 Å². The second kappa shape index (κ2) is 5.31. The molecule has 4 heteroatoms. The van der Waals surface area contributed by atoms with Gasteiger partial charge < -0.3 is 15.2 Å². The Balaban J connectivity index is 1.62. The van der Waals surface area contributed by atoms with Gasteiger partial charge in [0.25, 0.3) is 0 Å². The third-order valence-corrected chi connectivity index (χ3v) is 3.93. The highest BCUT2D eigenvalue weighted by atomic mass is 16.5. The van der Waals surface area contributed by atoms with Crippen LogP contribution in [0.1, 0.15) is 42.9 Å². The molecule has 102 valence electrons. The Morgan fingerprint density at radius 1 is 1.47 bits per heavy atom. The molecular formula is C15H19NO3. The molecule has 2 atom stereocenters.